The van der Waals surface area contributed by atoms with E-state index in [1.807, 2.05) is 54.6 Å². The lowest BCUT2D eigenvalue weighted by Crippen LogP contribution is -2.06. The molecule has 0 fully saturated rings. The summed E-state index contributed by atoms with van der Waals surface area (Å²) in [5.74, 6) is 0.687. The van der Waals surface area contributed by atoms with Gasteiger partial charge in [0.15, 0.2) is 0 Å². The van der Waals surface area contributed by atoms with Crippen molar-refractivity contribution in [2.75, 3.05) is 7.11 Å². The molecule has 142 valence electrons. The number of hydrogen-bond donors (Lipinski definition) is 0. The number of benzene rings is 3. The van der Waals surface area contributed by atoms with E-state index in [1.165, 1.54) is 6.07 Å². The number of halogens is 3. The van der Waals surface area contributed by atoms with Gasteiger partial charge >= 0.3 is 6.18 Å². The molecule has 0 atom stereocenters. The first kappa shape index (κ1) is 18.1. The van der Waals surface area contributed by atoms with E-state index in [1.54, 1.807) is 17.9 Å². The molecule has 0 amide bonds. The largest absolute Gasteiger partial charge is 0.497 e. The van der Waals surface area contributed by atoms with E-state index in [2.05, 4.69) is 5.10 Å². The molecule has 6 heteroatoms. The van der Waals surface area contributed by atoms with E-state index in [-0.39, 0.29) is 5.52 Å². The van der Waals surface area contributed by atoms with Crippen LogP contribution < -0.4 is 4.74 Å². The fourth-order valence-corrected chi connectivity index (χ4v) is 3.34. The lowest BCUT2D eigenvalue weighted by molar-refractivity contribution is -0.136. The van der Waals surface area contributed by atoms with E-state index in [4.69, 9.17) is 4.74 Å². The third-order valence-electron chi connectivity index (χ3n) is 4.59. The fraction of sp³-hybridized carbons (Fsp3) is 0.136. The molecule has 0 N–H and O–H groups in total. The lowest BCUT2D eigenvalue weighted by atomic mass is 10.0. The van der Waals surface area contributed by atoms with Crippen molar-refractivity contribution in [3.05, 3.63) is 83.9 Å². The highest BCUT2D eigenvalue weighted by molar-refractivity contribution is 5.95. The van der Waals surface area contributed by atoms with Crippen molar-refractivity contribution in [3.8, 4) is 17.0 Å². The number of rotatable bonds is 4. The molecule has 0 radical (unpaired) electrons. The maximum atomic E-state index is 13.5. The van der Waals surface area contributed by atoms with Gasteiger partial charge in [0.2, 0.25) is 0 Å². The molecule has 0 unspecified atom stereocenters. The van der Waals surface area contributed by atoms with Crippen LogP contribution in [0.2, 0.25) is 0 Å². The SMILES string of the molecule is COc1cccc(Cn2nc3c(C(F)(F)F)cccc3c2-c2ccccc2)c1. The van der Waals surface area contributed by atoms with Gasteiger partial charge in [-0.3, -0.25) is 4.68 Å². The molecule has 0 aliphatic heterocycles. The molecule has 28 heavy (non-hydrogen) atoms. The Morgan fingerprint density at radius 3 is 2.39 bits per heavy atom. The van der Waals surface area contributed by atoms with Crippen molar-refractivity contribution < 1.29 is 17.9 Å². The number of ether oxygens (including phenoxy) is 1. The summed E-state index contributed by atoms with van der Waals surface area (Å²) in [4.78, 5) is 0. The van der Waals surface area contributed by atoms with Gasteiger partial charge in [-0.05, 0) is 23.8 Å². The van der Waals surface area contributed by atoms with Crippen molar-refractivity contribution in [1.82, 2.24) is 9.78 Å². The Balaban J connectivity index is 1.93. The number of alkyl halides is 3. The standard InChI is InChI=1S/C22H17F3N2O/c1-28-17-10-5-7-15(13-17)14-27-21(16-8-3-2-4-9-16)18-11-6-12-19(20(18)26-27)22(23,24)25/h2-13H,14H2,1H3. The molecular formula is C22H17F3N2O. The normalized spacial score (nSPS) is 11.7. The zero-order valence-corrected chi connectivity index (χ0v) is 15.1. The zero-order chi connectivity index (χ0) is 19.7. The minimum atomic E-state index is -4.47. The van der Waals surface area contributed by atoms with Gasteiger partial charge in [0.05, 0.1) is 24.9 Å². The third-order valence-corrected chi connectivity index (χ3v) is 4.59. The van der Waals surface area contributed by atoms with Gasteiger partial charge in [-0.15, -0.1) is 0 Å². The molecule has 0 saturated carbocycles. The fourth-order valence-electron chi connectivity index (χ4n) is 3.34. The Hall–Kier alpha value is -3.28. The molecule has 0 bridgehead atoms. The van der Waals surface area contributed by atoms with Gasteiger partial charge in [-0.1, -0.05) is 54.6 Å². The Bertz CT molecular complexity index is 1120. The molecule has 0 aliphatic carbocycles. The van der Waals surface area contributed by atoms with E-state index in [0.29, 0.717) is 23.4 Å². The predicted octanol–water partition coefficient (Wildman–Crippen LogP) is 5.78. The van der Waals surface area contributed by atoms with Crippen molar-refractivity contribution in [2.45, 2.75) is 12.7 Å². The van der Waals surface area contributed by atoms with Gasteiger partial charge < -0.3 is 4.74 Å². The highest BCUT2D eigenvalue weighted by Crippen LogP contribution is 2.38. The number of fused-ring (bicyclic) bond motifs is 1. The topological polar surface area (TPSA) is 27.1 Å². The smallest absolute Gasteiger partial charge is 0.418 e. The van der Waals surface area contributed by atoms with Gasteiger partial charge in [0.1, 0.15) is 11.3 Å². The molecule has 1 heterocycles. The summed E-state index contributed by atoms with van der Waals surface area (Å²) in [7, 11) is 1.58. The second-order valence-electron chi connectivity index (χ2n) is 6.42. The average molecular weight is 382 g/mol. The molecule has 3 aromatic carbocycles. The van der Waals surface area contributed by atoms with Crippen LogP contribution in [0.1, 0.15) is 11.1 Å². The van der Waals surface area contributed by atoms with Crippen LogP contribution in [0.15, 0.2) is 72.8 Å². The summed E-state index contributed by atoms with van der Waals surface area (Å²) >= 11 is 0. The first-order valence-corrected chi connectivity index (χ1v) is 8.72. The highest BCUT2D eigenvalue weighted by atomic mass is 19.4. The molecular weight excluding hydrogens is 365 g/mol. The van der Waals surface area contributed by atoms with Crippen LogP contribution >= 0.6 is 0 Å². The second kappa shape index (κ2) is 7.03. The van der Waals surface area contributed by atoms with Crippen LogP contribution in [0.4, 0.5) is 13.2 Å². The number of methoxy groups -OCH3 is 1. The number of nitrogens with zero attached hydrogens (tertiary/aromatic N) is 2. The van der Waals surface area contributed by atoms with Gasteiger partial charge in [0.25, 0.3) is 0 Å². The maximum absolute atomic E-state index is 13.5. The van der Waals surface area contributed by atoms with Gasteiger partial charge in [-0.2, -0.15) is 18.3 Å². The lowest BCUT2D eigenvalue weighted by Gasteiger charge is -2.09. The van der Waals surface area contributed by atoms with Gasteiger partial charge in [0, 0.05) is 10.9 Å². The summed E-state index contributed by atoms with van der Waals surface area (Å²) in [5, 5.41) is 4.84. The van der Waals surface area contributed by atoms with Crippen molar-refractivity contribution in [3.63, 3.8) is 0 Å². The quantitative estimate of drug-likeness (QED) is 0.447. The molecule has 0 saturated heterocycles. The Morgan fingerprint density at radius 1 is 0.929 bits per heavy atom. The van der Waals surface area contributed by atoms with Gasteiger partial charge in [-0.25, -0.2) is 0 Å². The van der Waals surface area contributed by atoms with Crippen molar-refractivity contribution in [1.29, 1.82) is 0 Å². The second-order valence-corrected chi connectivity index (χ2v) is 6.42. The van der Waals surface area contributed by atoms with E-state index >= 15 is 0 Å². The van der Waals surface area contributed by atoms with Crippen LogP contribution in [0.25, 0.3) is 22.2 Å². The summed E-state index contributed by atoms with van der Waals surface area (Å²) in [6, 6.07) is 20.9. The average Bonchev–Trinajstić information content (AvgIpc) is 3.05. The first-order valence-electron chi connectivity index (χ1n) is 8.72. The Morgan fingerprint density at radius 2 is 1.68 bits per heavy atom. The van der Waals surface area contributed by atoms with E-state index in [9.17, 15) is 13.2 Å². The summed E-state index contributed by atoms with van der Waals surface area (Å²) in [5.41, 5.74) is 1.58. The van der Waals surface area contributed by atoms with E-state index in [0.717, 1.165) is 17.2 Å². The zero-order valence-electron chi connectivity index (χ0n) is 15.1. The molecule has 4 rings (SSSR count). The number of hydrogen-bond acceptors (Lipinski definition) is 2. The summed E-state index contributed by atoms with van der Waals surface area (Å²) in [6.45, 7) is 0.327. The predicted molar refractivity (Wildman–Crippen MR) is 102 cm³/mol. The van der Waals surface area contributed by atoms with Crippen LogP contribution in [0.5, 0.6) is 5.75 Å². The van der Waals surface area contributed by atoms with Crippen LogP contribution in [0, 0.1) is 0 Å². The molecule has 3 nitrogen and oxygen atoms in total. The maximum Gasteiger partial charge on any atom is 0.418 e. The van der Waals surface area contributed by atoms with Crippen molar-refractivity contribution >= 4 is 10.9 Å². The first-order chi connectivity index (χ1) is 13.5. The van der Waals surface area contributed by atoms with E-state index < -0.39 is 11.7 Å². The van der Waals surface area contributed by atoms with Crippen LogP contribution in [0.3, 0.4) is 0 Å². The minimum Gasteiger partial charge on any atom is -0.497 e. The van der Waals surface area contributed by atoms with Crippen LogP contribution in [-0.2, 0) is 12.7 Å². The van der Waals surface area contributed by atoms with Crippen LogP contribution in [-0.4, -0.2) is 16.9 Å². The summed E-state index contributed by atoms with van der Waals surface area (Å²) in [6.07, 6.45) is -4.47. The molecule has 4 aromatic rings. The summed E-state index contributed by atoms with van der Waals surface area (Å²) < 4.78 is 47.4. The minimum absolute atomic E-state index is 0.0447. The molecule has 0 aliphatic rings. The highest BCUT2D eigenvalue weighted by Gasteiger charge is 2.34. The Kier molecular flexibility index (Phi) is 4.55. The monoisotopic (exact) mass is 382 g/mol. The Labute approximate surface area is 160 Å². The molecule has 1 aromatic heterocycles. The molecule has 0 spiro atoms. The van der Waals surface area contributed by atoms with Crippen molar-refractivity contribution in [2.24, 2.45) is 0 Å². The number of aromatic nitrogens is 2. The third kappa shape index (κ3) is 3.33.